The van der Waals surface area contributed by atoms with Gasteiger partial charge in [0.05, 0.1) is 29.5 Å². The van der Waals surface area contributed by atoms with Gasteiger partial charge in [0.1, 0.15) is 5.37 Å². The van der Waals surface area contributed by atoms with Crippen LogP contribution < -0.4 is 0 Å². The minimum atomic E-state index is -4.44. The van der Waals surface area contributed by atoms with E-state index in [1.54, 1.807) is 29.2 Å². The monoisotopic (exact) mass is 397 g/mol. The first-order chi connectivity index (χ1) is 12.7. The first-order valence-electron chi connectivity index (χ1n) is 8.24. The predicted molar refractivity (Wildman–Crippen MR) is 95.8 cm³/mol. The van der Waals surface area contributed by atoms with Crippen molar-refractivity contribution in [1.82, 2.24) is 4.90 Å². The van der Waals surface area contributed by atoms with Crippen LogP contribution >= 0.6 is 11.8 Å². The third kappa shape index (κ3) is 3.76. The molecule has 1 aliphatic heterocycles. The quantitative estimate of drug-likeness (QED) is 0.721. The third-order valence-corrected chi connectivity index (χ3v) is 5.91. The lowest BCUT2D eigenvalue weighted by atomic mass is 9.88. The Kier molecular flexibility index (Phi) is 5.12. The fourth-order valence-corrected chi connectivity index (χ4v) is 4.55. The summed E-state index contributed by atoms with van der Waals surface area (Å²) in [5, 5.41) is -0.525. The molecule has 1 saturated heterocycles. The van der Waals surface area contributed by atoms with E-state index in [-0.39, 0.29) is 11.7 Å². The molecular weight excluding hydrogens is 379 g/mol. The van der Waals surface area contributed by atoms with Gasteiger partial charge in [0.2, 0.25) is 5.91 Å². The second kappa shape index (κ2) is 7.07. The molecule has 1 amide bonds. The molecule has 0 radical (unpaired) electrons. The van der Waals surface area contributed by atoms with E-state index in [0.29, 0.717) is 17.6 Å². The van der Waals surface area contributed by atoms with Crippen LogP contribution in [0.25, 0.3) is 0 Å². The van der Waals surface area contributed by atoms with Gasteiger partial charge in [-0.05, 0) is 37.1 Å². The minimum Gasteiger partial charge on any atom is -0.465 e. The van der Waals surface area contributed by atoms with Gasteiger partial charge in [0.15, 0.2) is 0 Å². The Hall–Kier alpha value is -2.22. The molecule has 144 valence electrons. The number of carbonyl (C=O) groups is 2. The van der Waals surface area contributed by atoms with Gasteiger partial charge in [-0.3, -0.25) is 4.79 Å². The molecule has 0 N–H and O–H groups in total. The molecule has 3 rings (SSSR count). The average Bonchev–Trinajstić information content (AvgIpc) is 3.03. The van der Waals surface area contributed by atoms with Crippen LogP contribution in [0.4, 0.5) is 13.2 Å². The number of thioether (sulfide) groups is 1. The maximum atomic E-state index is 13.1. The molecule has 8 heteroatoms. The van der Waals surface area contributed by atoms with Gasteiger partial charge >= 0.3 is 12.1 Å². The van der Waals surface area contributed by atoms with E-state index in [1.165, 1.54) is 24.9 Å². The zero-order chi connectivity index (χ0) is 19.8. The molecule has 2 atom stereocenters. The molecule has 0 spiro atoms. The number of ether oxygens (including phenoxy) is 1. The maximum absolute atomic E-state index is 13.1. The average molecular weight is 397 g/mol. The summed E-state index contributed by atoms with van der Waals surface area (Å²) in [5.41, 5.74) is -0.656. The van der Waals surface area contributed by atoms with Crippen LogP contribution in [-0.2, 0) is 20.5 Å². The van der Waals surface area contributed by atoms with Gasteiger partial charge in [-0.2, -0.15) is 13.2 Å². The number of nitrogens with zero attached hydrogens (tertiary/aromatic N) is 1. The van der Waals surface area contributed by atoms with Crippen molar-refractivity contribution in [3.05, 3.63) is 59.2 Å². The standard InChI is InChI=1S/C19H18F3NO3S/c1-18(8-6-12(7-9-18)17(25)26-2)23-15(24)11-27-16(23)13-4-3-5-14(10-13)19(20,21)22/h3-8,10,16H,9,11H2,1-2H3. The fourth-order valence-electron chi connectivity index (χ4n) is 3.26. The SMILES string of the molecule is COC(=O)C1=CCC(C)(N2C(=O)CSC2c2cccc(C(F)(F)F)c2)C=C1. The molecular formula is C19H18F3NO3S. The van der Waals surface area contributed by atoms with Crippen LogP contribution in [0.15, 0.2) is 48.1 Å². The number of alkyl halides is 3. The number of esters is 1. The number of halogens is 3. The molecule has 2 unspecified atom stereocenters. The molecule has 0 aromatic heterocycles. The highest BCUT2D eigenvalue weighted by molar-refractivity contribution is 8.00. The van der Waals surface area contributed by atoms with Crippen LogP contribution in [0.1, 0.15) is 29.8 Å². The van der Waals surface area contributed by atoms with Crippen molar-refractivity contribution in [3.63, 3.8) is 0 Å². The molecule has 2 aliphatic rings. The molecule has 4 nitrogen and oxygen atoms in total. The van der Waals surface area contributed by atoms with Crippen molar-refractivity contribution >= 4 is 23.6 Å². The molecule has 1 fully saturated rings. The topological polar surface area (TPSA) is 46.6 Å². The summed E-state index contributed by atoms with van der Waals surface area (Å²) in [7, 11) is 1.29. The summed E-state index contributed by atoms with van der Waals surface area (Å²) >= 11 is 1.30. The van der Waals surface area contributed by atoms with E-state index >= 15 is 0 Å². The Bertz CT molecular complexity index is 834. The van der Waals surface area contributed by atoms with E-state index in [0.717, 1.165) is 12.1 Å². The first-order valence-corrected chi connectivity index (χ1v) is 9.29. The smallest absolute Gasteiger partial charge is 0.416 e. The van der Waals surface area contributed by atoms with Crippen LogP contribution in [-0.4, -0.2) is 35.2 Å². The highest BCUT2D eigenvalue weighted by atomic mass is 32.2. The van der Waals surface area contributed by atoms with Gasteiger partial charge in [0.25, 0.3) is 0 Å². The highest BCUT2D eigenvalue weighted by Crippen LogP contribution is 2.46. The Morgan fingerprint density at radius 3 is 2.70 bits per heavy atom. The number of hydrogen-bond donors (Lipinski definition) is 0. The Morgan fingerprint density at radius 2 is 2.11 bits per heavy atom. The first kappa shape index (κ1) is 19.5. The van der Waals surface area contributed by atoms with Crippen molar-refractivity contribution in [2.24, 2.45) is 0 Å². The van der Waals surface area contributed by atoms with Crippen LogP contribution in [0.5, 0.6) is 0 Å². The summed E-state index contributed by atoms with van der Waals surface area (Å²) in [5.74, 6) is -0.424. The van der Waals surface area contributed by atoms with E-state index < -0.39 is 28.6 Å². The zero-order valence-corrected chi connectivity index (χ0v) is 15.6. The normalized spacial score (nSPS) is 25.5. The predicted octanol–water partition coefficient (Wildman–Crippen LogP) is 4.10. The zero-order valence-electron chi connectivity index (χ0n) is 14.7. The van der Waals surface area contributed by atoms with Gasteiger partial charge in [-0.25, -0.2) is 4.79 Å². The van der Waals surface area contributed by atoms with Crippen molar-refractivity contribution in [2.75, 3.05) is 12.9 Å². The summed E-state index contributed by atoms with van der Waals surface area (Å²) in [6.07, 6.45) is 0.945. The second-order valence-electron chi connectivity index (χ2n) is 6.60. The summed E-state index contributed by atoms with van der Waals surface area (Å²) < 4.78 is 43.9. The van der Waals surface area contributed by atoms with Gasteiger partial charge < -0.3 is 9.64 Å². The molecule has 1 heterocycles. The number of carbonyl (C=O) groups excluding carboxylic acids is 2. The summed E-state index contributed by atoms with van der Waals surface area (Å²) in [6.45, 7) is 1.83. The lowest BCUT2D eigenvalue weighted by molar-refractivity contribution is -0.138. The van der Waals surface area contributed by atoms with Crippen molar-refractivity contribution < 1.29 is 27.5 Å². The van der Waals surface area contributed by atoms with Crippen molar-refractivity contribution in [3.8, 4) is 0 Å². The third-order valence-electron chi connectivity index (χ3n) is 4.70. The minimum absolute atomic E-state index is 0.149. The van der Waals surface area contributed by atoms with E-state index in [9.17, 15) is 22.8 Å². The van der Waals surface area contributed by atoms with Crippen molar-refractivity contribution in [1.29, 1.82) is 0 Å². The van der Waals surface area contributed by atoms with E-state index in [1.807, 2.05) is 6.92 Å². The second-order valence-corrected chi connectivity index (χ2v) is 7.66. The van der Waals surface area contributed by atoms with Gasteiger partial charge in [0, 0.05) is 0 Å². The number of methoxy groups -OCH3 is 1. The molecule has 1 aromatic carbocycles. The maximum Gasteiger partial charge on any atom is 0.416 e. The van der Waals surface area contributed by atoms with Gasteiger partial charge in [-0.15, -0.1) is 11.8 Å². The number of hydrogen-bond acceptors (Lipinski definition) is 4. The Morgan fingerprint density at radius 1 is 1.37 bits per heavy atom. The number of benzene rings is 1. The summed E-state index contributed by atoms with van der Waals surface area (Å²) in [4.78, 5) is 25.8. The van der Waals surface area contributed by atoms with Crippen LogP contribution in [0, 0.1) is 0 Å². The Balaban J connectivity index is 1.91. The lowest BCUT2D eigenvalue weighted by Gasteiger charge is -2.41. The Labute approximate surface area is 159 Å². The van der Waals surface area contributed by atoms with E-state index in [4.69, 9.17) is 4.74 Å². The van der Waals surface area contributed by atoms with Crippen LogP contribution in [0.3, 0.4) is 0 Å². The number of rotatable bonds is 3. The fraction of sp³-hybridized carbons (Fsp3) is 0.368. The largest absolute Gasteiger partial charge is 0.465 e. The lowest BCUT2D eigenvalue weighted by Crippen LogP contribution is -2.47. The van der Waals surface area contributed by atoms with Crippen LogP contribution in [0.2, 0.25) is 0 Å². The highest BCUT2D eigenvalue weighted by Gasteiger charge is 2.44. The van der Waals surface area contributed by atoms with E-state index in [2.05, 4.69) is 0 Å². The molecule has 27 heavy (non-hydrogen) atoms. The molecule has 1 aromatic rings. The number of amides is 1. The molecule has 0 saturated carbocycles. The van der Waals surface area contributed by atoms with Crippen molar-refractivity contribution in [2.45, 2.75) is 30.4 Å². The van der Waals surface area contributed by atoms with Gasteiger partial charge in [-0.1, -0.05) is 24.3 Å². The molecule has 0 bridgehead atoms. The summed E-state index contributed by atoms with van der Waals surface area (Å²) in [6, 6.07) is 5.07. The molecule has 1 aliphatic carbocycles.